The zero-order valence-electron chi connectivity index (χ0n) is 13.1. The number of rotatable bonds is 11. The molecule has 1 fully saturated rings. The van der Waals surface area contributed by atoms with E-state index < -0.39 is 5.54 Å². The third-order valence-corrected chi connectivity index (χ3v) is 3.97. The number of carbonyl (C=O) groups excluding carboxylic acids is 1. The molecule has 0 spiro atoms. The summed E-state index contributed by atoms with van der Waals surface area (Å²) in [6.07, 6.45) is 7.09. The molecule has 0 aromatic rings. The van der Waals surface area contributed by atoms with Crippen molar-refractivity contribution < 1.29 is 9.53 Å². The SMILES string of the molecule is CCN1CC(N)(C(=O)NCCCCCCCCOC)C1. The van der Waals surface area contributed by atoms with Crippen molar-refractivity contribution >= 4 is 5.91 Å². The lowest BCUT2D eigenvalue weighted by Crippen LogP contribution is -2.73. The first kappa shape index (κ1) is 17.4. The Morgan fingerprint density at radius 1 is 1.20 bits per heavy atom. The molecule has 0 aromatic carbocycles. The van der Waals surface area contributed by atoms with Gasteiger partial charge < -0.3 is 15.8 Å². The summed E-state index contributed by atoms with van der Waals surface area (Å²) in [4.78, 5) is 14.1. The van der Waals surface area contributed by atoms with Gasteiger partial charge >= 0.3 is 0 Å². The van der Waals surface area contributed by atoms with Gasteiger partial charge in [-0.3, -0.25) is 9.69 Å². The number of methoxy groups -OCH3 is 1. The van der Waals surface area contributed by atoms with E-state index in [1.807, 2.05) is 0 Å². The molecule has 0 saturated carbocycles. The van der Waals surface area contributed by atoms with Crippen molar-refractivity contribution in [1.82, 2.24) is 10.2 Å². The number of likely N-dealkylation sites (tertiary alicyclic amines) is 1. The molecule has 20 heavy (non-hydrogen) atoms. The van der Waals surface area contributed by atoms with Crippen LogP contribution >= 0.6 is 0 Å². The highest BCUT2D eigenvalue weighted by Crippen LogP contribution is 2.17. The van der Waals surface area contributed by atoms with Crippen molar-refractivity contribution in [2.24, 2.45) is 5.73 Å². The van der Waals surface area contributed by atoms with Crippen molar-refractivity contribution in [3.8, 4) is 0 Å². The van der Waals surface area contributed by atoms with Crippen LogP contribution in [0.25, 0.3) is 0 Å². The maximum Gasteiger partial charge on any atom is 0.242 e. The molecule has 0 aliphatic carbocycles. The molecule has 0 atom stereocenters. The molecular formula is C15H31N3O2. The predicted octanol–water partition coefficient (Wildman–Crippen LogP) is 1.12. The smallest absolute Gasteiger partial charge is 0.242 e. The van der Waals surface area contributed by atoms with Crippen LogP contribution < -0.4 is 11.1 Å². The summed E-state index contributed by atoms with van der Waals surface area (Å²) in [6.45, 7) is 6.05. The molecule has 1 amide bonds. The number of unbranched alkanes of at least 4 members (excludes halogenated alkanes) is 5. The Morgan fingerprint density at radius 3 is 2.40 bits per heavy atom. The molecular weight excluding hydrogens is 254 g/mol. The first-order chi connectivity index (χ1) is 9.62. The second-order valence-corrected chi connectivity index (χ2v) is 5.83. The van der Waals surface area contributed by atoms with Crippen LogP contribution in [0.15, 0.2) is 0 Å². The second-order valence-electron chi connectivity index (χ2n) is 5.83. The van der Waals surface area contributed by atoms with Crippen LogP contribution in [0.4, 0.5) is 0 Å². The summed E-state index contributed by atoms with van der Waals surface area (Å²) in [5.74, 6) is 0.0160. The van der Waals surface area contributed by atoms with Crippen LogP contribution in [0.1, 0.15) is 45.4 Å². The van der Waals surface area contributed by atoms with Crippen LogP contribution in [0.2, 0.25) is 0 Å². The van der Waals surface area contributed by atoms with E-state index in [9.17, 15) is 4.79 Å². The molecule has 1 rings (SSSR count). The summed E-state index contributed by atoms with van der Waals surface area (Å²) in [7, 11) is 1.74. The zero-order valence-corrected chi connectivity index (χ0v) is 13.1. The van der Waals surface area contributed by atoms with Gasteiger partial charge in [-0.1, -0.05) is 32.6 Å². The number of hydrogen-bond acceptors (Lipinski definition) is 4. The average Bonchev–Trinajstić information content (AvgIpc) is 2.41. The topological polar surface area (TPSA) is 67.6 Å². The van der Waals surface area contributed by atoms with Crippen LogP contribution in [0.5, 0.6) is 0 Å². The molecule has 0 aromatic heterocycles. The van der Waals surface area contributed by atoms with Gasteiger partial charge in [-0.25, -0.2) is 0 Å². The van der Waals surface area contributed by atoms with E-state index >= 15 is 0 Å². The van der Waals surface area contributed by atoms with Gasteiger partial charge in [0.05, 0.1) is 0 Å². The highest BCUT2D eigenvalue weighted by molar-refractivity contribution is 5.87. The molecule has 1 heterocycles. The van der Waals surface area contributed by atoms with Gasteiger partial charge in [-0.15, -0.1) is 0 Å². The molecule has 1 saturated heterocycles. The Labute approximate surface area is 123 Å². The lowest BCUT2D eigenvalue weighted by atomic mass is 9.90. The maximum absolute atomic E-state index is 11.9. The number of amides is 1. The number of nitrogens with one attached hydrogen (secondary N) is 1. The number of hydrogen-bond donors (Lipinski definition) is 2. The van der Waals surface area contributed by atoms with Crippen molar-refractivity contribution in [3.63, 3.8) is 0 Å². The molecule has 5 heteroatoms. The van der Waals surface area contributed by atoms with Crippen LogP contribution in [0, 0.1) is 0 Å². The molecule has 1 aliphatic rings. The van der Waals surface area contributed by atoms with Crippen molar-refractivity contribution in [1.29, 1.82) is 0 Å². The Kier molecular flexibility index (Phi) is 8.11. The molecule has 0 radical (unpaired) electrons. The van der Waals surface area contributed by atoms with E-state index in [1.165, 1.54) is 25.7 Å². The first-order valence-corrected chi connectivity index (χ1v) is 7.91. The minimum Gasteiger partial charge on any atom is -0.385 e. The number of nitrogens with zero attached hydrogens (tertiary/aromatic N) is 1. The quantitative estimate of drug-likeness (QED) is 0.558. The third kappa shape index (κ3) is 5.77. The Hall–Kier alpha value is -0.650. The standard InChI is InChI=1S/C15H31N3O2/c1-3-18-12-15(16,13-18)14(19)17-10-8-6-4-5-7-9-11-20-2/h3-13,16H2,1-2H3,(H,17,19). The minimum absolute atomic E-state index is 0.0160. The number of likely N-dealkylation sites (N-methyl/N-ethyl adjacent to an activating group) is 1. The number of nitrogens with two attached hydrogens (primary N) is 1. The minimum atomic E-state index is -0.643. The maximum atomic E-state index is 11.9. The van der Waals surface area contributed by atoms with Crippen molar-refractivity contribution in [2.45, 2.75) is 51.0 Å². The average molecular weight is 285 g/mol. The lowest BCUT2D eigenvalue weighted by molar-refractivity contribution is -0.132. The first-order valence-electron chi connectivity index (χ1n) is 7.91. The molecule has 5 nitrogen and oxygen atoms in total. The Balaban J connectivity index is 1.93. The lowest BCUT2D eigenvalue weighted by Gasteiger charge is -2.45. The second kappa shape index (κ2) is 9.32. The fourth-order valence-electron chi connectivity index (χ4n) is 2.58. The summed E-state index contributed by atoms with van der Waals surface area (Å²) >= 11 is 0. The third-order valence-electron chi connectivity index (χ3n) is 3.97. The van der Waals surface area contributed by atoms with Crippen LogP contribution in [-0.2, 0) is 9.53 Å². The molecule has 3 N–H and O–H groups in total. The van der Waals surface area contributed by atoms with E-state index in [1.54, 1.807) is 7.11 Å². The van der Waals surface area contributed by atoms with Crippen molar-refractivity contribution in [2.75, 3.05) is 39.9 Å². The highest BCUT2D eigenvalue weighted by Gasteiger charge is 2.44. The van der Waals surface area contributed by atoms with Gasteiger partial charge in [0.1, 0.15) is 5.54 Å². The summed E-state index contributed by atoms with van der Waals surface area (Å²) < 4.78 is 5.01. The van der Waals surface area contributed by atoms with E-state index in [4.69, 9.17) is 10.5 Å². The summed E-state index contributed by atoms with van der Waals surface area (Å²) in [5.41, 5.74) is 5.41. The monoisotopic (exact) mass is 285 g/mol. The molecule has 1 aliphatic heterocycles. The normalized spacial score (nSPS) is 17.8. The molecule has 0 unspecified atom stereocenters. The fourth-order valence-corrected chi connectivity index (χ4v) is 2.58. The van der Waals surface area contributed by atoms with Gasteiger partial charge in [0.15, 0.2) is 0 Å². The van der Waals surface area contributed by atoms with E-state index in [2.05, 4.69) is 17.1 Å². The van der Waals surface area contributed by atoms with Gasteiger partial charge in [0.2, 0.25) is 5.91 Å². The van der Waals surface area contributed by atoms with E-state index in [0.29, 0.717) is 13.1 Å². The van der Waals surface area contributed by atoms with Gasteiger partial charge in [-0.05, 0) is 19.4 Å². The fraction of sp³-hybridized carbons (Fsp3) is 0.933. The predicted molar refractivity (Wildman–Crippen MR) is 81.6 cm³/mol. The van der Waals surface area contributed by atoms with Crippen LogP contribution in [0.3, 0.4) is 0 Å². The van der Waals surface area contributed by atoms with Crippen LogP contribution in [-0.4, -0.2) is 56.2 Å². The zero-order chi connectivity index (χ0) is 14.8. The Morgan fingerprint density at radius 2 is 1.80 bits per heavy atom. The largest absolute Gasteiger partial charge is 0.385 e. The summed E-state index contributed by atoms with van der Waals surface area (Å²) in [5, 5.41) is 2.97. The molecule has 118 valence electrons. The molecule has 0 bridgehead atoms. The van der Waals surface area contributed by atoms with Crippen molar-refractivity contribution in [3.05, 3.63) is 0 Å². The summed E-state index contributed by atoms with van der Waals surface area (Å²) in [6, 6.07) is 0. The highest BCUT2D eigenvalue weighted by atomic mass is 16.5. The van der Waals surface area contributed by atoms with Gasteiger partial charge in [0, 0.05) is 33.4 Å². The number of carbonyl (C=O) groups is 1. The van der Waals surface area contributed by atoms with E-state index in [-0.39, 0.29) is 5.91 Å². The van der Waals surface area contributed by atoms with Gasteiger partial charge in [0.25, 0.3) is 0 Å². The van der Waals surface area contributed by atoms with Gasteiger partial charge in [-0.2, -0.15) is 0 Å². The van der Waals surface area contributed by atoms with E-state index in [0.717, 1.165) is 32.5 Å². The number of ether oxygens (including phenoxy) is 1. The Bertz CT molecular complexity index is 278.